The summed E-state index contributed by atoms with van der Waals surface area (Å²) in [5.41, 5.74) is 0. The largest absolute Gasteiger partial charge is 0.313 e. The first-order valence-corrected chi connectivity index (χ1v) is 8.31. The fraction of sp³-hybridized carbons (Fsp3) is 1.00. The quantitative estimate of drug-likeness (QED) is 0.798. The zero-order valence-electron chi connectivity index (χ0n) is 10.4. The van der Waals surface area contributed by atoms with Gasteiger partial charge in [0.25, 0.3) is 0 Å². The van der Waals surface area contributed by atoms with Crippen molar-refractivity contribution in [2.45, 2.75) is 56.4 Å². The molecule has 1 aliphatic heterocycles. The van der Waals surface area contributed by atoms with Crippen molar-refractivity contribution in [2.24, 2.45) is 5.92 Å². The van der Waals surface area contributed by atoms with Crippen LogP contribution in [0, 0.1) is 5.92 Å². The lowest BCUT2D eigenvalue weighted by atomic mass is 10.1. The van der Waals surface area contributed by atoms with Gasteiger partial charge in [-0.1, -0.05) is 0 Å². The van der Waals surface area contributed by atoms with E-state index in [4.69, 9.17) is 0 Å². The molecule has 4 nitrogen and oxygen atoms in total. The Balaban J connectivity index is 1.63. The molecule has 0 aromatic carbocycles. The van der Waals surface area contributed by atoms with Gasteiger partial charge < -0.3 is 5.32 Å². The van der Waals surface area contributed by atoms with Crippen LogP contribution in [0.4, 0.5) is 0 Å². The maximum Gasteiger partial charge on any atom is 0.218 e. The number of rotatable bonds is 5. The molecule has 2 saturated carbocycles. The second-order valence-corrected chi connectivity index (χ2v) is 8.24. The molecule has 5 heteroatoms. The molecule has 3 aliphatic rings. The van der Waals surface area contributed by atoms with E-state index in [9.17, 15) is 8.42 Å². The van der Waals surface area contributed by atoms with Gasteiger partial charge >= 0.3 is 0 Å². The summed E-state index contributed by atoms with van der Waals surface area (Å²) in [4.78, 5) is 0. The van der Waals surface area contributed by atoms with Crippen molar-refractivity contribution >= 4 is 10.0 Å². The molecule has 3 unspecified atom stereocenters. The van der Waals surface area contributed by atoms with E-state index in [1.165, 1.54) is 19.3 Å². The number of fused-ring (bicyclic) bond motifs is 2. The molecule has 0 amide bonds. The first kappa shape index (κ1) is 11.9. The van der Waals surface area contributed by atoms with Crippen LogP contribution in [0.25, 0.3) is 0 Å². The molecule has 0 aromatic heterocycles. The molecule has 1 N–H and O–H groups in total. The predicted octanol–water partition coefficient (Wildman–Crippen LogP) is 0.941. The third kappa shape index (κ3) is 2.25. The number of nitrogens with zero attached hydrogens (tertiary/aromatic N) is 1. The summed E-state index contributed by atoms with van der Waals surface area (Å²) < 4.78 is 26.7. The zero-order chi connectivity index (χ0) is 12.0. The number of hydrogen-bond donors (Lipinski definition) is 1. The molecule has 0 aromatic rings. The lowest BCUT2D eigenvalue weighted by Crippen LogP contribution is -2.45. The molecule has 98 valence electrons. The molecular formula is C12H22N2O2S. The van der Waals surface area contributed by atoms with Crippen molar-refractivity contribution < 1.29 is 8.42 Å². The average Bonchev–Trinajstić information content (AvgIpc) is 2.88. The monoisotopic (exact) mass is 258 g/mol. The number of sulfonamides is 1. The minimum atomic E-state index is -3.07. The topological polar surface area (TPSA) is 49.4 Å². The highest BCUT2D eigenvalue weighted by atomic mass is 32.2. The van der Waals surface area contributed by atoms with Gasteiger partial charge in [0.1, 0.15) is 0 Å². The molecule has 0 spiro atoms. The Morgan fingerprint density at radius 2 is 2.06 bits per heavy atom. The van der Waals surface area contributed by atoms with Crippen LogP contribution >= 0.6 is 0 Å². The van der Waals surface area contributed by atoms with Gasteiger partial charge in [-0.15, -0.1) is 0 Å². The van der Waals surface area contributed by atoms with Gasteiger partial charge in [-0.3, -0.25) is 0 Å². The number of nitrogens with one attached hydrogen (secondary N) is 1. The third-order valence-electron chi connectivity index (χ3n) is 4.47. The van der Waals surface area contributed by atoms with Crippen LogP contribution < -0.4 is 5.32 Å². The summed E-state index contributed by atoms with van der Waals surface area (Å²) in [6, 6.07) is 0.899. The van der Waals surface area contributed by atoms with Crippen LogP contribution in [0.1, 0.15) is 39.0 Å². The Bertz CT molecular complexity index is 391. The Labute approximate surface area is 104 Å². The van der Waals surface area contributed by atoms with E-state index in [1.807, 2.05) is 6.92 Å². The van der Waals surface area contributed by atoms with Crippen molar-refractivity contribution in [3.8, 4) is 0 Å². The van der Waals surface area contributed by atoms with Gasteiger partial charge in [0.05, 0.1) is 5.25 Å². The molecule has 2 bridgehead atoms. The van der Waals surface area contributed by atoms with Crippen molar-refractivity contribution in [2.75, 3.05) is 13.1 Å². The van der Waals surface area contributed by atoms with Crippen molar-refractivity contribution in [3.05, 3.63) is 0 Å². The molecular weight excluding hydrogens is 236 g/mol. The van der Waals surface area contributed by atoms with E-state index >= 15 is 0 Å². The van der Waals surface area contributed by atoms with Crippen LogP contribution in [0.2, 0.25) is 0 Å². The van der Waals surface area contributed by atoms with Crippen molar-refractivity contribution in [3.63, 3.8) is 0 Å². The van der Waals surface area contributed by atoms with E-state index in [2.05, 4.69) is 5.32 Å². The normalized spacial score (nSPS) is 35.4. The smallest absolute Gasteiger partial charge is 0.218 e. The van der Waals surface area contributed by atoms with Gasteiger partial charge in [0, 0.05) is 25.2 Å². The molecule has 1 heterocycles. The van der Waals surface area contributed by atoms with Gasteiger partial charge in [0.15, 0.2) is 0 Å². The molecule has 17 heavy (non-hydrogen) atoms. The standard InChI is InChI=1S/C12H22N2O2S/c1-9(7-13-11-3-4-11)17(15,16)14-8-10-2-5-12(14)6-10/h9-13H,2-8H2,1H3. The molecule has 2 aliphatic carbocycles. The minimum Gasteiger partial charge on any atom is -0.313 e. The fourth-order valence-corrected chi connectivity index (χ4v) is 4.94. The van der Waals surface area contributed by atoms with Crippen LogP contribution in [0.3, 0.4) is 0 Å². The second-order valence-electron chi connectivity index (χ2n) is 5.94. The molecule has 3 atom stereocenters. The summed E-state index contributed by atoms with van der Waals surface area (Å²) in [6.45, 7) is 3.23. The predicted molar refractivity (Wildman–Crippen MR) is 67.2 cm³/mol. The highest BCUT2D eigenvalue weighted by Gasteiger charge is 2.45. The van der Waals surface area contributed by atoms with E-state index in [0.29, 0.717) is 24.5 Å². The fourth-order valence-electron chi connectivity index (χ4n) is 3.15. The Hall–Kier alpha value is -0.130. The summed E-state index contributed by atoms with van der Waals surface area (Å²) >= 11 is 0. The van der Waals surface area contributed by atoms with Gasteiger partial charge in [-0.25, -0.2) is 8.42 Å². The van der Waals surface area contributed by atoms with Gasteiger partial charge in [-0.05, 0) is 44.9 Å². The third-order valence-corrected chi connectivity index (χ3v) is 6.75. The SMILES string of the molecule is CC(CNC1CC1)S(=O)(=O)N1CC2CCC1C2. The van der Waals surface area contributed by atoms with E-state index < -0.39 is 10.0 Å². The van der Waals surface area contributed by atoms with Gasteiger partial charge in [0.2, 0.25) is 10.0 Å². The molecule has 0 radical (unpaired) electrons. The Morgan fingerprint density at radius 3 is 2.59 bits per heavy atom. The van der Waals surface area contributed by atoms with Crippen LogP contribution in [-0.4, -0.2) is 43.1 Å². The molecule has 1 saturated heterocycles. The highest BCUT2D eigenvalue weighted by Crippen LogP contribution is 2.39. The van der Waals surface area contributed by atoms with Crippen LogP contribution in [-0.2, 0) is 10.0 Å². The highest BCUT2D eigenvalue weighted by molar-refractivity contribution is 7.89. The summed E-state index contributed by atoms with van der Waals surface area (Å²) in [7, 11) is -3.07. The van der Waals surface area contributed by atoms with E-state index in [1.54, 1.807) is 4.31 Å². The van der Waals surface area contributed by atoms with Gasteiger partial charge in [-0.2, -0.15) is 4.31 Å². The van der Waals surface area contributed by atoms with Crippen LogP contribution in [0.5, 0.6) is 0 Å². The van der Waals surface area contributed by atoms with Crippen molar-refractivity contribution in [1.29, 1.82) is 0 Å². The van der Waals surface area contributed by atoms with E-state index in [0.717, 1.165) is 19.4 Å². The summed E-state index contributed by atoms with van der Waals surface area (Å²) in [6.07, 6.45) is 5.82. The molecule has 3 fully saturated rings. The van der Waals surface area contributed by atoms with E-state index in [-0.39, 0.29) is 5.25 Å². The Morgan fingerprint density at radius 1 is 1.29 bits per heavy atom. The number of piperidine rings is 1. The Kier molecular flexibility index (Phi) is 2.96. The lowest BCUT2D eigenvalue weighted by molar-refractivity contribution is 0.329. The zero-order valence-corrected chi connectivity index (χ0v) is 11.2. The number of hydrogen-bond acceptors (Lipinski definition) is 3. The maximum atomic E-state index is 12.4. The summed E-state index contributed by atoms with van der Waals surface area (Å²) in [5.74, 6) is 0.637. The van der Waals surface area contributed by atoms with Crippen LogP contribution in [0.15, 0.2) is 0 Å². The average molecular weight is 258 g/mol. The second kappa shape index (κ2) is 4.21. The maximum absolute atomic E-state index is 12.4. The first-order valence-electron chi connectivity index (χ1n) is 6.81. The first-order chi connectivity index (χ1) is 8.07. The molecule has 3 rings (SSSR count). The minimum absolute atomic E-state index is 0.276. The summed E-state index contributed by atoms with van der Waals surface area (Å²) in [5, 5.41) is 3.05. The van der Waals surface area contributed by atoms with Crippen molar-refractivity contribution in [1.82, 2.24) is 9.62 Å². The lowest BCUT2D eigenvalue weighted by Gasteiger charge is -2.29.